The van der Waals surface area contributed by atoms with Gasteiger partial charge in [0.05, 0.1) is 6.10 Å². The summed E-state index contributed by atoms with van der Waals surface area (Å²) in [6.45, 7) is 2.14. The van der Waals surface area contributed by atoms with Gasteiger partial charge in [-0.1, -0.05) is 13.0 Å². The van der Waals surface area contributed by atoms with Crippen LogP contribution in [-0.4, -0.2) is 40.2 Å². The predicted molar refractivity (Wildman–Crippen MR) is 80.6 cm³/mol. The van der Waals surface area contributed by atoms with Crippen LogP contribution >= 0.6 is 0 Å². The smallest absolute Gasteiger partial charge is 0.0624 e. The molecule has 3 heterocycles. The fraction of sp³-hybridized carbons (Fsp3) is 0.706. The van der Waals surface area contributed by atoms with E-state index in [0.29, 0.717) is 24.4 Å². The standard InChI is InChI=1S/C17H26N2O/c1-3-12-4-5-14(18-11-12)10-17(20)13-8-15-6-7-16(9-13)19(15)2/h4-5,11,13,15-17,20H,3,6-10H2,1-2H3. The van der Waals surface area contributed by atoms with Crippen LogP contribution in [0, 0.1) is 5.92 Å². The Bertz CT molecular complexity index is 431. The van der Waals surface area contributed by atoms with Gasteiger partial charge in [0.15, 0.2) is 0 Å². The molecule has 0 amide bonds. The molecule has 0 saturated carbocycles. The second kappa shape index (κ2) is 5.82. The second-order valence-corrected chi connectivity index (χ2v) is 6.56. The molecule has 2 aliphatic heterocycles. The molecule has 110 valence electrons. The summed E-state index contributed by atoms with van der Waals surface area (Å²) in [7, 11) is 2.25. The zero-order chi connectivity index (χ0) is 14.1. The van der Waals surface area contributed by atoms with Gasteiger partial charge in [-0.3, -0.25) is 4.98 Å². The van der Waals surface area contributed by atoms with Crippen molar-refractivity contribution in [3.63, 3.8) is 0 Å². The first-order valence-corrected chi connectivity index (χ1v) is 8.01. The Morgan fingerprint density at radius 3 is 2.55 bits per heavy atom. The first kappa shape index (κ1) is 14.0. The van der Waals surface area contributed by atoms with E-state index in [9.17, 15) is 5.11 Å². The van der Waals surface area contributed by atoms with Crippen molar-refractivity contribution in [1.29, 1.82) is 0 Å². The molecule has 0 aromatic carbocycles. The number of aromatic nitrogens is 1. The minimum absolute atomic E-state index is 0.230. The first-order valence-electron chi connectivity index (χ1n) is 8.01. The van der Waals surface area contributed by atoms with E-state index in [2.05, 4.69) is 36.0 Å². The van der Waals surface area contributed by atoms with Gasteiger partial charge in [-0.05, 0) is 56.7 Å². The third-order valence-electron chi connectivity index (χ3n) is 5.39. The number of hydrogen-bond acceptors (Lipinski definition) is 3. The summed E-state index contributed by atoms with van der Waals surface area (Å²) in [5.74, 6) is 0.455. The van der Waals surface area contributed by atoms with Crippen LogP contribution in [0.2, 0.25) is 0 Å². The lowest BCUT2D eigenvalue weighted by molar-refractivity contribution is 0.0363. The highest BCUT2D eigenvalue weighted by atomic mass is 16.3. The summed E-state index contributed by atoms with van der Waals surface area (Å²) >= 11 is 0. The van der Waals surface area contributed by atoms with Crippen molar-refractivity contribution in [3.05, 3.63) is 29.6 Å². The van der Waals surface area contributed by atoms with Crippen molar-refractivity contribution in [2.24, 2.45) is 5.92 Å². The Morgan fingerprint density at radius 1 is 1.30 bits per heavy atom. The van der Waals surface area contributed by atoms with E-state index in [1.807, 2.05) is 6.20 Å². The molecule has 3 rings (SSSR count). The number of aliphatic hydroxyl groups is 1. The van der Waals surface area contributed by atoms with Gasteiger partial charge in [0.2, 0.25) is 0 Å². The van der Waals surface area contributed by atoms with Gasteiger partial charge in [0.25, 0.3) is 0 Å². The molecule has 1 N–H and O–H groups in total. The van der Waals surface area contributed by atoms with Gasteiger partial charge in [0.1, 0.15) is 0 Å². The molecule has 0 spiro atoms. The molecule has 2 aliphatic rings. The van der Waals surface area contributed by atoms with Crippen LogP contribution in [0.3, 0.4) is 0 Å². The minimum Gasteiger partial charge on any atom is -0.392 e. The number of pyridine rings is 1. The van der Waals surface area contributed by atoms with Crippen molar-refractivity contribution in [1.82, 2.24) is 9.88 Å². The maximum atomic E-state index is 10.5. The number of piperidine rings is 1. The van der Waals surface area contributed by atoms with E-state index in [4.69, 9.17) is 0 Å². The van der Waals surface area contributed by atoms with Gasteiger partial charge >= 0.3 is 0 Å². The molecule has 1 aromatic rings. The highest BCUT2D eigenvalue weighted by Crippen LogP contribution is 2.39. The van der Waals surface area contributed by atoms with Crippen molar-refractivity contribution in [2.45, 2.75) is 63.6 Å². The van der Waals surface area contributed by atoms with Gasteiger partial charge in [-0.2, -0.15) is 0 Å². The normalized spacial score (nSPS) is 31.4. The summed E-state index contributed by atoms with van der Waals surface area (Å²) < 4.78 is 0. The summed E-state index contributed by atoms with van der Waals surface area (Å²) in [5.41, 5.74) is 2.29. The van der Waals surface area contributed by atoms with Gasteiger partial charge < -0.3 is 10.0 Å². The van der Waals surface area contributed by atoms with E-state index >= 15 is 0 Å². The summed E-state index contributed by atoms with van der Waals surface area (Å²) in [6, 6.07) is 5.60. The summed E-state index contributed by atoms with van der Waals surface area (Å²) in [4.78, 5) is 7.01. The second-order valence-electron chi connectivity index (χ2n) is 6.56. The molecule has 3 nitrogen and oxygen atoms in total. The molecular weight excluding hydrogens is 248 g/mol. The lowest BCUT2D eigenvalue weighted by atomic mass is 9.85. The third kappa shape index (κ3) is 2.75. The van der Waals surface area contributed by atoms with Crippen molar-refractivity contribution in [2.75, 3.05) is 7.05 Å². The highest BCUT2D eigenvalue weighted by Gasteiger charge is 2.40. The zero-order valence-corrected chi connectivity index (χ0v) is 12.6. The van der Waals surface area contributed by atoms with E-state index in [1.54, 1.807) is 0 Å². The molecule has 20 heavy (non-hydrogen) atoms. The maximum Gasteiger partial charge on any atom is 0.0624 e. The van der Waals surface area contributed by atoms with Crippen LogP contribution < -0.4 is 0 Å². The third-order valence-corrected chi connectivity index (χ3v) is 5.39. The molecule has 2 fully saturated rings. The molecule has 1 aromatic heterocycles. The molecular formula is C17H26N2O. The SMILES string of the molecule is CCc1ccc(CC(O)C2CC3CCC(C2)N3C)nc1. The lowest BCUT2D eigenvalue weighted by Crippen LogP contribution is -2.43. The topological polar surface area (TPSA) is 36.4 Å². The van der Waals surface area contributed by atoms with Crippen LogP contribution in [-0.2, 0) is 12.8 Å². The highest BCUT2D eigenvalue weighted by molar-refractivity contribution is 5.14. The lowest BCUT2D eigenvalue weighted by Gasteiger charge is -2.38. The van der Waals surface area contributed by atoms with Gasteiger partial charge in [0, 0.05) is 30.4 Å². The molecule has 3 atom stereocenters. The largest absolute Gasteiger partial charge is 0.392 e. The number of nitrogens with zero attached hydrogens (tertiary/aromatic N) is 2. The van der Waals surface area contributed by atoms with Crippen LogP contribution in [0.1, 0.15) is 43.9 Å². The van der Waals surface area contributed by atoms with Crippen LogP contribution in [0.25, 0.3) is 0 Å². The first-order chi connectivity index (χ1) is 9.67. The number of aliphatic hydroxyl groups excluding tert-OH is 1. The van der Waals surface area contributed by atoms with Crippen molar-refractivity contribution < 1.29 is 5.11 Å². The Morgan fingerprint density at radius 2 is 2.00 bits per heavy atom. The molecule has 0 radical (unpaired) electrons. The summed E-state index contributed by atoms with van der Waals surface area (Å²) in [5, 5.41) is 10.5. The van der Waals surface area contributed by atoms with E-state index in [-0.39, 0.29) is 6.10 Å². The average Bonchev–Trinajstić information content (AvgIpc) is 2.68. The average molecular weight is 274 g/mol. The van der Waals surface area contributed by atoms with Crippen LogP contribution in [0.4, 0.5) is 0 Å². The van der Waals surface area contributed by atoms with Gasteiger partial charge in [-0.15, -0.1) is 0 Å². The number of fused-ring (bicyclic) bond motifs is 2. The Labute approximate surface area is 122 Å². The summed E-state index contributed by atoms with van der Waals surface area (Å²) in [6.07, 6.45) is 8.38. The van der Waals surface area contributed by atoms with E-state index < -0.39 is 0 Å². The molecule has 2 bridgehead atoms. The minimum atomic E-state index is -0.230. The Balaban J connectivity index is 1.60. The van der Waals surface area contributed by atoms with E-state index in [1.165, 1.54) is 18.4 Å². The van der Waals surface area contributed by atoms with E-state index in [0.717, 1.165) is 25.0 Å². The zero-order valence-electron chi connectivity index (χ0n) is 12.6. The number of hydrogen-bond donors (Lipinski definition) is 1. The number of rotatable bonds is 4. The van der Waals surface area contributed by atoms with Crippen molar-refractivity contribution >= 4 is 0 Å². The van der Waals surface area contributed by atoms with Crippen molar-refractivity contribution in [3.8, 4) is 0 Å². The van der Waals surface area contributed by atoms with Crippen LogP contribution in [0.15, 0.2) is 18.3 Å². The fourth-order valence-corrected chi connectivity index (χ4v) is 3.93. The molecule has 2 saturated heterocycles. The maximum absolute atomic E-state index is 10.5. The quantitative estimate of drug-likeness (QED) is 0.916. The monoisotopic (exact) mass is 274 g/mol. The van der Waals surface area contributed by atoms with Gasteiger partial charge in [-0.25, -0.2) is 0 Å². The van der Waals surface area contributed by atoms with Crippen LogP contribution in [0.5, 0.6) is 0 Å². The molecule has 3 unspecified atom stereocenters. The Kier molecular flexibility index (Phi) is 4.08. The number of aryl methyl sites for hydroxylation is 1. The molecule has 0 aliphatic carbocycles. The predicted octanol–water partition coefficient (Wildman–Crippen LogP) is 2.42. The molecule has 3 heteroatoms. The Hall–Kier alpha value is -0.930. The fourth-order valence-electron chi connectivity index (χ4n) is 3.93.